The van der Waals surface area contributed by atoms with Crippen molar-refractivity contribution in [2.45, 2.75) is 64.2 Å². The van der Waals surface area contributed by atoms with Crippen molar-refractivity contribution in [2.75, 3.05) is 13.2 Å². The highest BCUT2D eigenvalue weighted by atomic mass is 16.5. The van der Waals surface area contributed by atoms with E-state index in [4.69, 9.17) is 4.74 Å². The molecule has 122 valence electrons. The lowest BCUT2D eigenvalue weighted by Crippen LogP contribution is -2.18. The molecule has 1 aliphatic rings. The van der Waals surface area contributed by atoms with Crippen LogP contribution in [0, 0.1) is 5.92 Å². The van der Waals surface area contributed by atoms with E-state index in [1.54, 1.807) is 5.56 Å². The zero-order valence-corrected chi connectivity index (χ0v) is 14.2. The molecule has 1 aromatic carbocycles. The van der Waals surface area contributed by atoms with E-state index < -0.39 is 0 Å². The molecule has 1 aromatic rings. The average molecular weight is 300 g/mol. The van der Waals surface area contributed by atoms with Crippen LogP contribution >= 0.6 is 0 Å². The molecule has 1 saturated carbocycles. The van der Waals surface area contributed by atoms with Gasteiger partial charge in [-0.2, -0.15) is 0 Å². The summed E-state index contributed by atoms with van der Waals surface area (Å²) in [6.07, 6.45) is 12.3. The maximum Gasteiger partial charge on any atom is 0.0644 e. The van der Waals surface area contributed by atoms with E-state index in [9.17, 15) is 0 Å². The quantitative estimate of drug-likeness (QED) is 0.408. The first-order chi connectivity index (χ1) is 10.8. The Balaban J connectivity index is 1.75. The number of unbranched alkanes of at least 4 members (excludes halogenated alkanes) is 2. The van der Waals surface area contributed by atoms with Crippen LogP contribution in [0.5, 0.6) is 0 Å². The topological polar surface area (TPSA) is 9.23 Å². The predicted molar refractivity (Wildman–Crippen MR) is 95.4 cm³/mol. The van der Waals surface area contributed by atoms with Gasteiger partial charge in [0, 0.05) is 6.61 Å². The third kappa shape index (κ3) is 5.61. The molecular formula is C21H32O. The molecule has 0 amide bonds. The summed E-state index contributed by atoms with van der Waals surface area (Å²) in [5.74, 6) is 1.52. The fourth-order valence-corrected chi connectivity index (χ4v) is 3.52. The zero-order valence-electron chi connectivity index (χ0n) is 14.2. The molecular weight excluding hydrogens is 268 g/mol. The molecule has 0 atom stereocenters. The van der Waals surface area contributed by atoms with Gasteiger partial charge in [-0.3, -0.25) is 0 Å². The number of aryl methyl sites for hydroxylation is 1. The van der Waals surface area contributed by atoms with Gasteiger partial charge in [0.25, 0.3) is 0 Å². The van der Waals surface area contributed by atoms with Crippen LogP contribution in [0.3, 0.4) is 0 Å². The summed E-state index contributed by atoms with van der Waals surface area (Å²) >= 11 is 0. The summed E-state index contributed by atoms with van der Waals surface area (Å²) in [5, 5.41) is 0. The molecule has 2 rings (SSSR count). The fraction of sp³-hybridized carbons (Fsp3) is 0.619. The second kappa shape index (κ2) is 9.84. The highest BCUT2D eigenvalue weighted by Crippen LogP contribution is 2.36. The first-order valence-electron chi connectivity index (χ1n) is 9.11. The minimum Gasteiger partial charge on any atom is -0.377 e. The van der Waals surface area contributed by atoms with Gasteiger partial charge in [0.05, 0.1) is 6.61 Å². The van der Waals surface area contributed by atoms with Gasteiger partial charge < -0.3 is 4.74 Å². The first kappa shape index (κ1) is 17.3. The Morgan fingerprint density at radius 2 is 1.82 bits per heavy atom. The third-order valence-corrected chi connectivity index (χ3v) is 4.96. The van der Waals surface area contributed by atoms with Crippen LogP contribution in [-0.4, -0.2) is 13.2 Å². The van der Waals surface area contributed by atoms with Crippen molar-refractivity contribution in [3.63, 3.8) is 0 Å². The number of benzene rings is 1. The molecule has 0 aromatic heterocycles. The van der Waals surface area contributed by atoms with E-state index in [1.165, 1.54) is 56.9 Å². The van der Waals surface area contributed by atoms with Crippen molar-refractivity contribution in [2.24, 2.45) is 5.92 Å². The van der Waals surface area contributed by atoms with Crippen LogP contribution in [0.4, 0.5) is 0 Å². The Labute approximate surface area is 136 Å². The van der Waals surface area contributed by atoms with Crippen molar-refractivity contribution < 1.29 is 4.74 Å². The van der Waals surface area contributed by atoms with Gasteiger partial charge in [-0.1, -0.05) is 50.1 Å². The number of ether oxygens (including phenoxy) is 1. The first-order valence-corrected chi connectivity index (χ1v) is 9.11. The smallest absolute Gasteiger partial charge is 0.0644 e. The minimum absolute atomic E-state index is 0.694. The molecule has 22 heavy (non-hydrogen) atoms. The van der Waals surface area contributed by atoms with Crippen molar-refractivity contribution >= 4 is 0 Å². The Bertz CT molecular complexity index is 412. The van der Waals surface area contributed by atoms with Gasteiger partial charge in [0.15, 0.2) is 0 Å². The van der Waals surface area contributed by atoms with E-state index in [1.807, 2.05) is 6.08 Å². The van der Waals surface area contributed by atoms with Crippen LogP contribution in [0.2, 0.25) is 0 Å². The Kier molecular flexibility index (Phi) is 7.73. The summed E-state index contributed by atoms with van der Waals surface area (Å²) in [7, 11) is 0. The van der Waals surface area contributed by atoms with E-state index in [2.05, 4.69) is 37.8 Å². The molecule has 0 N–H and O–H groups in total. The van der Waals surface area contributed by atoms with Gasteiger partial charge in [-0.25, -0.2) is 0 Å². The molecule has 0 bridgehead atoms. The largest absolute Gasteiger partial charge is 0.377 e. The van der Waals surface area contributed by atoms with E-state index in [0.29, 0.717) is 6.61 Å². The third-order valence-electron chi connectivity index (χ3n) is 4.96. The van der Waals surface area contributed by atoms with E-state index >= 15 is 0 Å². The Hall–Kier alpha value is -1.08. The highest BCUT2D eigenvalue weighted by molar-refractivity contribution is 5.25. The number of hydrogen-bond donors (Lipinski definition) is 0. The van der Waals surface area contributed by atoms with Gasteiger partial charge >= 0.3 is 0 Å². The lowest BCUT2D eigenvalue weighted by Gasteiger charge is -2.28. The molecule has 0 aliphatic heterocycles. The molecule has 0 unspecified atom stereocenters. The van der Waals surface area contributed by atoms with Crippen molar-refractivity contribution in [1.82, 2.24) is 0 Å². The normalized spacial score (nSPS) is 21.7. The second-order valence-electron chi connectivity index (χ2n) is 6.74. The predicted octanol–water partition coefficient (Wildman–Crippen LogP) is 5.90. The van der Waals surface area contributed by atoms with Crippen LogP contribution in [0.1, 0.15) is 68.9 Å². The lowest BCUT2D eigenvalue weighted by molar-refractivity contribution is 0.102. The SMILES string of the molecule is C=CCOCC1CCC(c2ccc(CCCCC)cc2)CC1. The Morgan fingerprint density at radius 3 is 2.45 bits per heavy atom. The van der Waals surface area contributed by atoms with Gasteiger partial charge in [0.2, 0.25) is 0 Å². The van der Waals surface area contributed by atoms with Gasteiger partial charge in [-0.15, -0.1) is 6.58 Å². The van der Waals surface area contributed by atoms with Crippen molar-refractivity contribution in [1.29, 1.82) is 0 Å². The summed E-state index contributed by atoms with van der Waals surface area (Å²) in [6.45, 7) is 7.57. The van der Waals surface area contributed by atoms with Crippen LogP contribution in [-0.2, 0) is 11.2 Å². The maximum atomic E-state index is 5.61. The van der Waals surface area contributed by atoms with E-state index in [0.717, 1.165) is 18.4 Å². The van der Waals surface area contributed by atoms with Crippen LogP contribution in [0.25, 0.3) is 0 Å². The lowest BCUT2D eigenvalue weighted by atomic mass is 9.79. The average Bonchev–Trinajstić information content (AvgIpc) is 2.57. The fourth-order valence-electron chi connectivity index (χ4n) is 3.52. The van der Waals surface area contributed by atoms with Crippen LogP contribution in [0.15, 0.2) is 36.9 Å². The summed E-state index contributed by atoms with van der Waals surface area (Å²) in [4.78, 5) is 0. The molecule has 0 spiro atoms. The summed E-state index contributed by atoms with van der Waals surface area (Å²) in [6, 6.07) is 9.45. The number of hydrogen-bond acceptors (Lipinski definition) is 1. The van der Waals surface area contributed by atoms with Gasteiger partial charge in [-0.05, 0) is 61.5 Å². The second-order valence-corrected chi connectivity index (χ2v) is 6.74. The van der Waals surface area contributed by atoms with E-state index in [-0.39, 0.29) is 0 Å². The summed E-state index contributed by atoms with van der Waals surface area (Å²) < 4.78 is 5.61. The molecule has 0 radical (unpaired) electrons. The molecule has 1 nitrogen and oxygen atoms in total. The molecule has 0 heterocycles. The maximum absolute atomic E-state index is 5.61. The number of rotatable bonds is 9. The molecule has 1 heteroatoms. The minimum atomic E-state index is 0.694. The van der Waals surface area contributed by atoms with Gasteiger partial charge in [0.1, 0.15) is 0 Å². The standard InChI is InChI=1S/C21H32O/c1-3-5-6-7-18-8-12-20(13-9-18)21-14-10-19(11-15-21)17-22-16-4-2/h4,8-9,12-13,19,21H,2-3,5-7,10-11,14-17H2,1H3. The van der Waals surface area contributed by atoms with Crippen molar-refractivity contribution in [3.05, 3.63) is 48.0 Å². The van der Waals surface area contributed by atoms with Crippen LogP contribution < -0.4 is 0 Å². The Morgan fingerprint density at radius 1 is 1.09 bits per heavy atom. The van der Waals surface area contributed by atoms with Crippen molar-refractivity contribution in [3.8, 4) is 0 Å². The molecule has 0 saturated heterocycles. The molecule has 1 aliphatic carbocycles. The monoisotopic (exact) mass is 300 g/mol. The molecule has 1 fully saturated rings. The summed E-state index contributed by atoms with van der Waals surface area (Å²) in [5.41, 5.74) is 3.05. The zero-order chi connectivity index (χ0) is 15.6. The highest BCUT2D eigenvalue weighted by Gasteiger charge is 2.22.